The first kappa shape index (κ1) is 5.70. The maximum Gasteiger partial charge on any atom is 0.247 e. The van der Waals surface area contributed by atoms with E-state index in [1.54, 1.807) is 0 Å². The Hall–Kier alpha value is -1.92. The van der Waals surface area contributed by atoms with E-state index in [9.17, 15) is 0 Å². The van der Waals surface area contributed by atoms with Crippen LogP contribution in [0.25, 0.3) is 11.2 Å². The highest BCUT2D eigenvalue weighted by atomic mass is 16.6. The average molecular weight is 162 g/mol. The largest absolute Gasteiger partial charge is 0.255 e. The fraction of sp³-hybridized carbons (Fsp3) is 0.200. The Morgan fingerprint density at radius 1 is 1.08 bits per heavy atom. The van der Waals surface area contributed by atoms with Gasteiger partial charge in [-0.15, -0.1) is 10.2 Å². The Bertz CT molecular complexity index is 557. The van der Waals surface area contributed by atoms with Crippen LogP contribution in [0.5, 0.6) is 0 Å². The van der Waals surface area contributed by atoms with Gasteiger partial charge in [-0.1, -0.05) is 0 Å². The molecule has 0 fully saturated rings. The number of aromatic nitrogens is 4. The fourth-order valence-electron chi connectivity index (χ4n) is 1.07. The molecular formula is C5H2N6O. The van der Waals surface area contributed by atoms with Crippen molar-refractivity contribution in [2.24, 2.45) is 9.98 Å². The van der Waals surface area contributed by atoms with Crippen molar-refractivity contribution in [3.63, 3.8) is 0 Å². The summed E-state index contributed by atoms with van der Waals surface area (Å²) in [6, 6.07) is 0. The molecule has 3 heterocycles. The van der Waals surface area contributed by atoms with Crippen LogP contribution in [0.1, 0.15) is 0 Å². The van der Waals surface area contributed by atoms with Gasteiger partial charge in [0.15, 0.2) is 11.0 Å². The zero-order valence-corrected chi connectivity index (χ0v) is 5.80. The normalized spacial score (nSPS) is 14.0. The summed E-state index contributed by atoms with van der Waals surface area (Å²) < 4.78 is 4.49. The second kappa shape index (κ2) is 1.81. The maximum absolute atomic E-state index is 4.49. The van der Waals surface area contributed by atoms with Gasteiger partial charge in [0.25, 0.3) is 0 Å². The molecule has 12 heavy (non-hydrogen) atoms. The Balaban J connectivity index is 2.73. The molecule has 0 atom stereocenters. The molecule has 0 spiro atoms. The lowest BCUT2D eigenvalue weighted by Gasteiger charge is -1.78. The van der Waals surface area contributed by atoms with E-state index in [2.05, 4.69) is 35.1 Å². The Morgan fingerprint density at radius 3 is 3.08 bits per heavy atom. The summed E-state index contributed by atoms with van der Waals surface area (Å²) in [5, 5.41) is 15.3. The number of hydrogen-bond donors (Lipinski definition) is 0. The SMILES string of the molecule is C1N=c2nnc3nonc3c2=N1. The van der Waals surface area contributed by atoms with Gasteiger partial charge in [0.05, 0.1) is 0 Å². The van der Waals surface area contributed by atoms with Gasteiger partial charge < -0.3 is 0 Å². The molecule has 1 aliphatic heterocycles. The molecule has 0 aliphatic carbocycles. The summed E-state index contributed by atoms with van der Waals surface area (Å²) in [4.78, 5) is 8.05. The van der Waals surface area contributed by atoms with E-state index < -0.39 is 0 Å². The third-order valence-electron chi connectivity index (χ3n) is 1.60. The van der Waals surface area contributed by atoms with Gasteiger partial charge in [-0.25, -0.2) is 9.62 Å². The summed E-state index contributed by atoms with van der Waals surface area (Å²) in [7, 11) is 0. The average Bonchev–Trinajstić information content (AvgIpc) is 2.71. The van der Waals surface area contributed by atoms with E-state index >= 15 is 0 Å². The minimum absolute atomic E-state index is 0.370. The molecule has 0 amide bonds. The van der Waals surface area contributed by atoms with Gasteiger partial charge in [-0.05, 0) is 10.3 Å². The molecule has 0 saturated carbocycles. The van der Waals surface area contributed by atoms with E-state index in [0.717, 1.165) is 0 Å². The van der Waals surface area contributed by atoms with Gasteiger partial charge >= 0.3 is 0 Å². The van der Waals surface area contributed by atoms with Crippen LogP contribution < -0.4 is 10.8 Å². The lowest BCUT2D eigenvalue weighted by Crippen LogP contribution is -2.27. The van der Waals surface area contributed by atoms with E-state index in [1.807, 2.05) is 0 Å². The van der Waals surface area contributed by atoms with Crippen molar-refractivity contribution in [3.05, 3.63) is 10.8 Å². The first-order valence-corrected chi connectivity index (χ1v) is 3.29. The molecule has 0 radical (unpaired) electrons. The second-order valence-corrected chi connectivity index (χ2v) is 2.27. The van der Waals surface area contributed by atoms with Crippen LogP contribution in [0.4, 0.5) is 0 Å². The lowest BCUT2D eigenvalue weighted by molar-refractivity contribution is 0.314. The quantitative estimate of drug-likeness (QED) is 0.457. The highest BCUT2D eigenvalue weighted by molar-refractivity contribution is 5.66. The number of rotatable bonds is 0. The number of nitrogens with zero attached hydrogens (tertiary/aromatic N) is 6. The third-order valence-corrected chi connectivity index (χ3v) is 1.60. The maximum atomic E-state index is 4.49. The molecule has 0 N–H and O–H groups in total. The summed E-state index contributed by atoms with van der Waals surface area (Å²) in [6.45, 7) is 0.385. The summed E-state index contributed by atoms with van der Waals surface area (Å²) in [5.74, 6) is 0. The van der Waals surface area contributed by atoms with Crippen LogP contribution in [0.15, 0.2) is 14.6 Å². The molecule has 0 aromatic carbocycles. The van der Waals surface area contributed by atoms with Crippen LogP contribution in [-0.2, 0) is 0 Å². The third kappa shape index (κ3) is 0.552. The summed E-state index contributed by atoms with van der Waals surface area (Å²) >= 11 is 0. The van der Waals surface area contributed by atoms with Gasteiger partial charge in [0, 0.05) is 0 Å². The zero-order valence-electron chi connectivity index (χ0n) is 5.80. The first-order chi connectivity index (χ1) is 5.95. The predicted molar refractivity (Wildman–Crippen MR) is 34.6 cm³/mol. The van der Waals surface area contributed by atoms with Crippen molar-refractivity contribution in [1.29, 1.82) is 0 Å². The molecule has 0 bridgehead atoms. The molecule has 58 valence electrons. The minimum atomic E-state index is 0.370. The number of hydrogen-bond acceptors (Lipinski definition) is 7. The van der Waals surface area contributed by atoms with Crippen molar-refractivity contribution in [2.75, 3.05) is 6.67 Å². The van der Waals surface area contributed by atoms with Crippen molar-refractivity contribution < 1.29 is 4.63 Å². The summed E-state index contributed by atoms with van der Waals surface area (Å²) in [6.07, 6.45) is 0. The van der Waals surface area contributed by atoms with E-state index in [1.165, 1.54) is 0 Å². The van der Waals surface area contributed by atoms with E-state index in [0.29, 0.717) is 28.7 Å². The van der Waals surface area contributed by atoms with Crippen LogP contribution in [-0.4, -0.2) is 27.2 Å². The van der Waals surface area contributed by atoms with Crippen molar-refractivity contribution >= 4 is 11.2 Å². The molecule has 0 saturated heterocycles. The van der Waals surface area contributed by atoms with Crippen molar-refractivity contribution in [3.8, 4) is 0 Å². The number of fused-ring (bicyclic) bond motifs is 3. The molecule has 7 nitrogen and oxygen atoms in total. The van der Waals surface area contributed by atoms with Gasteiger partial charge in [-0.2, -0.15) is 0 Å². The highest BCUT2D eigenvalue weighted by Gasteiger charge is 2.09. The molecule has 7 heteroatoms. The fourth-order valence-corrected chi connectivity index (χ4v) is 1.07. The van der Waals surface area contributed by atoms with Gasteiger partial charge in [0.1, 0.15) is 12.0 Å². The smallest absolute Gasteiger partial charge is 0.247 e. The molecule has 2 aromatic rings. The molecular weight excluding hydrogens is 160 g/mol. The van der Waals surface area contributed by atoms with E-state index in [4.69, 9.17) is 0 Å². The van der Waals surface area contributed by atoms with Crippen molar-refractivity contribution in [2.45, 2.75) is 0 Å². The first-order valence-electron chi connectivity index (χ1n) is 3.29. The van der Waals surface area contributed by atoms with Crippen LogP contribution >= 0.6 is 0 Å². The summed E-state index contributed by atoms with van der Waals surface area (Å²) in [5.41, 5.74) is 1.41. The van der Waals surface area contributed by atoms with E-state index in [-0.39, 0.29) is 0 Å². The van der Waals surface area contributed by atoms with Gasteiger partial charge in [0.2, 0.25) is 5.65 Å². The Labute approximate surface area is 64.8 Å². The lowest BCUT2D eigenvalue weighted by atomic mass is 10.5. The van der Waals surface area contributed by atoms with Crippen LogP contribution in [0.2, 0.25) is 0 Å². The van der Waals surface area contributed by atoms with Gasteiger partial charge in [-0.3, -0.25) is 4.99 Å². The Kier molecular flexibility index (Phi) is 0.861. The molecule has 3 rings (SSSR count). The van der Waals surface area contributed by atoms with Crippen molar-refractivity contribution in [1.82, 2.24) is 20.5 Å². The monoisotopic (exact) mass is 162 g/mol. The predicted octanol–water partition coefficient (Wildman–Crippen LogP) is -1.78. The topological polar surface area (TPSA) is 89.4 Å². The molecule has 2 aromatic heterocycles. The highest BCUT2D eigenvalue weighted by Crippen LogP contribution is 1.94. The molecule has 1 aliphatic rings. The van der Waals surface area contributed by atoms with Crippen LogP contribution in [0.3, 0.4) is 0 Å². The second-order valence-electron chi connectivity index (χ2n) is 2.27. The molecule has 0 unspecified atom stereocenters. The standard InChI is InChI=1S/C5H2N6O/c1-6-2-3-5(11-12-10-3)9-8-4(2)7-1/h1H2. The minimum Gasteiger partial charge on any atom is -0.255 e. The Morgan fingerprint density at radius 2 is 2.08 bits per heavy atom. The van der Waals surface area contributed by atoms with Crippen LogP contribution in [0, 0.1) is 0 Å². The zero-order chi connectivity index (χ0) is 7.97.